The van der Waals surface area contributed by atoms with Crippen molar-refractivity contribution in [1.82, 2.24) is 13.9 Å². The topological polar surface area (TPSA) is 69.7 Å². The molecule has 2 atom stereocenters. The fourth-order valence-electron chi connectivity index (χ4n) is 4.43. The lowest BCUT2D eigenvalue weighted by molar-refractivity contribution is -0.126. The molecule has 2 aliphatic heterocycles. The monoisotopic (exact) mass is 407 g/mol. The van der Waals surface area contributed by atoms with E-state index in [0.717, 1.165) is 12.8 Å². The Morgan fingerprint density at radius 3 is 2.25 bits per heavy atom. The minimum Gasteiger partial charge on any atom is -0.356 e. The van der Waals surface area contributed by atoms with Gasteiger partial charge in [0.15, 0.2) is 0 Å². The molecule has 2 heterocycles. The van der Waals surface area contributed by atoms with Crippen LogP contribution in [0.2, 0.25) is 0 Å². The van der Waals surface area contributed by atoms with Gasteiger partial charge in [-0.05, 0) is 43.1 Å². The van der Waals surface area contributed by atoms with Crippen molar-refractivity contribution in [3.63, 3.8) is 0 Å². The van der Waals surface area contributed by atoms with Crippen LogP contribution in [0.3, 0.4) is 0 Å². The van der Waals surface area contributed by atoms with Crippen molar-refractivity contribution in [3.8, 4) is 0 Å². The molecule has 2 fully saturated rings. The number of carbonyl (C=O) groups is 1. The predicted molar refractivity (Wildman–Crippen MR) is 111 cm³/mol. The summed E-state index contributed by atoms with van der Waals surface area (Å²) in [6.07, 6.45) is 3.08. The van der Waals surface area contributed by atoms with E-state index in [2.05, 4.69) is 31.3 Å². The zero-order valence-electron chi connectivity index (χ0n) is 17.0. The second-order valence-corrected chi connectivity index (χ2v) is 10.4. The highest BCUT2D eigenvalue weighted by Crippen LogP contribution is 2.27. The van der Waals surface area contributed by atoms with E-state index in [1.165, 1.54) is 5.56 Å². The van der Waals surface area contributed by atoms with E-state index in [1.54, 1.807) is 8.61 Å². The molecule has 0 bridgehead atoms. The number of nitrogens with zero attached hydrogens (tertiary/aromatic N) is 2. The molecule has 28 heavy (non-hydrogen) atoms. The van der Waals surface area contributed by atoms with Crippen LogP contribution in [0.15, 0.2) is 30.3 Å². The first kappa shape index (κ1) is 21.3. The van der Waals surface area contributed by atoms with Crippen LogP contribution in [-0.4, -0.2) is 55.7 Å². The third kappa shape index (κ3) is 5.33. The van der Waals surface area contributed by atoms with Crippen LogP contribution in [0.1, 0.15) is 38.7 Å². The maximum absolute atomic E-state index is 13.0. The molecule has 3 rings (SSSR count). The fourth-order valence-corrected chi connectivity index (χ4v) is 6.31. The van der Waals surface area contributed by atoms with Crippen LogP contribution >= 0.6 is 0 Å². The third-order valence-electron chi connectivity index (χ3n) is 5.87. The molecular weight excluding hydrogens is 374 g/mol. The van der Waals surface area contributed by atoms with Crippen LogP contribution in [0.25, 0.3) is 0 Å². The van der Waals surface area contributed by atoms with E-state index < -0.39 is 10.2 Å². The van der Waals surface area contributed by atoms with E-state index in [1.807, 2.05) is 18.2 Å². The van der Waals surface area contributed by atoms with Gasteiger partial charge in [0.25, 0.3) is 10.2 Å². The smallest absolute Gasteiger partial charge is 0.281 e. The highest BCUT2D eigenvalue weighted by atomic mass is 32.2. The van der Waals surface area contributed by atoms with Crippen molar-refractivity contribution in [2.24, 2.45) is 17.8 Å². The molecular formula is C21H33N3O3S. The summed E-state index contributed by atoms with van der Waals surface area (Å²) >= 11 is 0. The zero-order valence-corrected chi connectivity index (χ0v) is 17.8. The van der Waals surface area contributed by atoms with Gasteiger partial charge in [0.2, 0.25) is 5.91 Å². The van der Waals surface area contributed by atoms with Crippen molar-refractivity contribution in [2.75, 3.05) is 32.7 Å². The number of benzene rings is 1. The van der Waals surface area contributed by atoms with Crippen molar-refractivity contribution in [2.45, 2.75) is 39.5 Å². The van der Waals surface area contributed by atoms with Gasteiger partial charge in [-0.15, -0.1) is 0 Å². The second kappa shape index (κ2) is 9.37. The van der Waals surface area contributed by atoms with Gasteiger partial charge in [0, 0.05) is 38.6 Å². The first-order valence-electron chi connectivity index (χ1n) is 10.4. The summed E-state index contributed by atoms with van der Waals surface area (Å²) < 4.78 is 29.2. The van der Waals surface area contributed by atoms with Crippen LogP contribution in [0, 0.1) is 17.8 Å². The number of rotatable bonds is 6. The molecule has 2 aliphatic rings. The molecule has 2 saturated heterocycles. The van der Waals surface area contributed by atoms with Gasteiger partial charge in [-0.25, -0.2) is 0 Å². The van der Waals surface area contributed by atoms with Gasteiger partial charge in [-0.3, -0.25) is 4.79 Å². The van der Waals surface area contributed by atoms with Gasteiger partial charge in [-0.2, -0.15) is 17.0 Å². The average molecular weight is 408 g/mol. The number of carbonyl (C=O) groups excluding carboxylic acids is 1. The van der Waals surface area contributed by atoms with E-state index in [0.29, 0.717) is 57.4 Å². The molecule has 0 radical (unpaired) electrons. The largest absolute Gasteiger partial charge is 0.356 e. The van der Waals surface area contributed by atoms with E-state index in [-0.39, 0.29) is 11.8 Å². The lowest BCUT2D eigenvalue weighted by atomic mass is 9.94. The Bertz CT molecular complexity index is 735. The molecule has 1 aromatic carbocycles. The summed E-state index contributed by atoms with van der Waals surface area (Å²) in [5.74, 6) is 0.743. The molecule has 1 aromatic rings. The first-order valence-corrected chi connectivity index (χ1v) is 11.8. The minimum absolute atomic E-state index is 0.0493. The predicted octanol–water partition coefficient (Wildman–Crippen LogP) is 2.28. The lowest BCUT2D eigenvalue weighted by Crippen LogP contribution is -2.52. The minimum atomic E-state index is -3.42. The van der Waals surface area contributed by atoms with Crippen LogP contribution in [0.4, 0.5) is 0 Å². The standard InChI is InChI=1S/C21H33N3O3S/c1-17-14-18(2)16-24(15-17)28(26,27)23-12-9-20(10-13-23)21(25)22-11-8-19-6-4-3-5-7-19/h3-7,17-18,20H,8-16H2,1-2H3,(H,22,25)/t17-,18+. The molecule has 0 spiro atoms. The molecule has 0 aromatic heterocycles. The Morgan fingerprint density at radius 1 is 1.04 bits per heavy atom. The van der Waals surface area contributed by atoms with Crippen molar-refractivity contribution >= 4 is 16.1 Å². The van der Waals surface area contributed by atoms with Crippen LogP contribution in [0.5, 0.6) is 0 Å². The summed E-state index contributed by atoms with van der Waals surface area (Å²) in [5.41, 5.74) is 1.20. The molecule has 1 amide bonds. The SMILES string of the molecule is C[C@@H]1C[C@H](C)CN(S(=O)(=O)N2CCC(C(=O)NCCc3ccccc3)CC2)C1. The van der Waals surface area contributed by atoms with Crippen molar-refractivity contribution in [1.29, 1.82) is 0 Å². The Balaban J connectivity index is 1.46. The quantitative estimate of drug-likeness (QED) is 0.787. The average Bonchev–Trinajstić information content (AvgIpc) is 2.68. The van der Waals surface area contributed by atoms with Gasteiger partial charge in [-0.1, -0.05) is 44.2 Å². The summed E-state index contributed by atoms with van der Waals surface area (Å²) in [6.45, 7) is 6.91. The lowest BCUT2D eigenvalue weighted by Gasteiger charge is -2.39. The fraction of sp³-hybridized carbons (Fsp3) is 0.667. The maximum atomic E-state index is 13.0. The zero-order chi connectivity index (χ0) is 20.1. The Hall–Kier alpha value is -1.44. The molecule has 0 aliphatic carbocycles. The van der Waals surface area contributed by atoms with Crippen LogP contribution in [-0.2, 0) is 21.4 Å². The number of amides is 1. The van der Waals surface area contributed by atoms with E-state index in [9.17, 15) is 13.2 Å². The summed E-state index contributed by atoms with van der Waals surface area (Å²) in [7, 11) is -3.42. The Morgan fingerprint density at radius 2 is 1.64 bits per heavy atom. The Labute approximate surface area is 169 Å². The second-order valence-electron chi connectivity index (χ2n) is 8.47. The highest BCUT2D eigenvalue weighted by molar-refractivity contribution is 7.86. The van der Waals surface area contributed by atoms with Gasteiger partial charge >= 0.3 is 0 Å². The molecule has 1 N–H and O–H groups in total. The van der Waals surface area contributed by atoms with E-state index >= 15 is 0 Å². The number of piperidine rings is 2. The third-order valence-corrected chi connectivity index (χ3v) is 7.84. The van der Waals surface area contributed by atoms with Gasteiger partial charge < -0.3 is 5.32 Å². The maximum Gasteiger partial charge on any atom is 0.281 e. The first-order chi connectivity index (χ1) is 13.4. The van der Waals surface area contributed by atoms with E-state index in [4.69, 9.17) is 0 Å². The number of nitrogens with one attached hydrogen (secondary N) is 1. The number of hydrogen-bond acceptors (Lipinski definition) is 3. The van der Waals surface area contributed by atoms with Crippen LogP contribution < -0.4 is 5.32 Å². The van der Waals surface area contributed by atoms with Crippen molar-refractivity contribution < 1.29 is 13.2 Å². The Kier molecular flexibility index (Phi) is 7.12. The van der Waals surface area contributed by atoms with Gasteiger partial charge in [0.1, 0.15) is 0 Å². The molecule has 0 unspecified atom stereocenters. The normalized spacial score (nSPS) is 25.5. The summed E-state index contributed by atoms with van der Waals surface area (Å²) in [5, 5.41) is 3.01. The molecule has 156 valence electrons. The molecule has 7 heteroatoms. The molecule has 0 saturated carbocycles. The number of hydrogen-bond donors (Lipinski definition) is 1. The van der Waals surface area contributed by atoms with Crippen molar-refractivity contribution in [3.05, 3.63) is 35.9 Å². The summed E-state index contributed by atoms with van der Waals surface area (Å²) in [4.78, 5) is 12.4. The highest BCUT2D eigenvalue weighted by Gasteiger charge is 2.37. The van der Waals surface area contributed by atoms with Gasteiger partial charge in [0.05, 0.1) is 0 Å². The molecule has 6 nitrogen and oxygen atoms in total. The summed E-state index contributed by atoms with van der Waals surface area (Å²) in [6, 6.07) is 10.1.